The Hall–Kier alpha value is 1.25. The van der Waals surface area contributed by atoms with Crippen LogP contribution in [0.3, 0.4) is 0 Å². The van der Waals surface area contributed by atoms with Gasteiger partial charge in [-0.05, 0) is 57.8 Å². The Labute approximate surface area is 233 Å². The summed E-state index contributed by atoms with van der Waals surface area (Å²) in [5, 5.41) is 0. The van der Waals surface area contributed by atoms with E-state index in [0.717, 1.165) is 0 Å². The van der Waals surface area contributed by atoms with E-state index in [-0.39, 0.29) is 0 Å². The van der Waals surface area contributed by atoms with Gasteiger partial charge in [-0.25, -0.2) is 0 Å². The Kier molecular flexibility index (Phi) is 22.8. The molecular formula is C32H73NP3+3. The van der Waals surface area contributed by atoms with E-state index in [1.165, 1.54) is 77.2 Å². The minimum Gasteiger partial charge on any atom is -0.264 e. The highest BCUT2D eigenvalue weighted by atomic mass is 31.2. The van der Waals surface area contributed by atoms with Crippen LogP contribution in [0.4, 0.5) is 0 Å². The van der Waals surface area contributed by atoms with Crippen LogP contribution < -0.4 is 0 Å². The number of hydrogen-bond acceptors (Lipinski definition) is 1. The molecule has 0 aliphatic rings. The number of nitrogens with zero attached hydrogens (tertiary/aromatic N) is 1. The van der Waals surface area contributed by atoms with Gasteiger partial charge in [-0.15, -0.1) is 0 Å². The molecule has 218 valence electrons. The van der Waals surface area contributed by atoms with Crippen molar-refractivity contribution in [1.82, 2.24) is 4.90 Å². The van der Waals surface area contributed by atoms with Crippen molar-refractivity contribution < 1.29 is 0 Å². The molecule has 0 atom stereocenters. The van der Waals surface area contributed by atoms with E-state index in [0.29, 0.717) is 0 Å². The van der Waals surface area contributed by atoms with Crippen LogP contribution in [0.25, 0.3) is 0 Å². The lowest BCUT2D eigenvalue weighted by Crippen LogP contribution is -2.36. The topological polar surface area (TPSA) is 3.24 Å². The molecule has 0 unspecified atom stereocenters. The van der Waals surface area contributed by atoms with Crippen molar-refractivity contribution in [2.45, 2.75) is 120 Å². The molecule has 0 amide bonds. The fraction of sp³-hybridized carbons (Fsp3) is 1.00. The lowest BCUT2D eigenvalue weighted by Gasteiger charge is -2.36. The van der Waals surface area contributed by atoms with E-state index in [9.17, 15) is 0 Å². The van der Waals surface area contributed by atoms with Crippen LogP contribution in [-0.2, 0) is 0 Å². The zero-order valence-corrected chi connectivity index (χ0v) is 29.7. The lowest BCUT2D eigenvalue weighted by atomic mass is 10.5. The van der Waals surface area contributed by atoms with Gasteiger partial charge in [0.1, 0.15) is 6.29 Å². The fourth-order valence-corrected chi connectivity index (χ4v) is 22.4. The minimum atomic E-state index is -0.858. The predicted molar refractivity (Wildman–Crippen MR) is 183 cm³/mol. The van der Waals surface area contributed by atoms with Crippen molar-refractivity contribution in [2.75, 3.05) is 87.2 Å². The van der Waals surface area contributed by atoms with E-state index in [1.807, 2.05) is 0 Å². The van der Waals surface area contributed by atoms with Crippen LogP contribution in [0.2, 0.25) is 0 Å². The van der Waals surface area contributed by atoms with E-state index < -0.39 is 21.8 Å². The largest absolute Gasteiger partial charge is 0.264 e. The lowest BCUT2D eigenvalue weighted by molar-refractivity contribution is 0.355. The smallest absolute Gasteiger partial charge is 0.112 e. The third-order valence-corrected chi connectivity index (χ3v) is 24.4. The molecule has 0 aromatic rings. The van der Waals surface area contributed by atoms with E-state index in [2.05, 4.69) is 67.2 Å². The first-order valence-electron chi connectivity index (χ1n) is 16.6. The molecule has 0 aromatic heterocycles. The SMILES string of the molecule is CCC[P+](CCC)(CCC)CCN(CC[P+](CCC)(CCC)CCC)C[P+](CCC)(CCC)CCC. The summed E-state index contributed by atoms with van der Waals surface area (Å²) in [5.41, 5.74) is 0. The van der Waals surface area contributed by atoms with Crippen LogP contribution in [0.1, 0.15) is 120 Å². The van der Waals surface area contributed by atoms with Crippen molar-refractivity contribution in [2.24, 2.45) is 0 Å². The summed E-state index contributed by atoms with van der Waals surface area (Å²) in [5.74, 6) is 0. The summed E-state index contributed by atoms with van der Waals surface area (Å²) < 4.78 is 0. The molecule has 0 fully saturated rings. The van der Waals surface area contributed by atoms with Gasteiger partial charge in [0.15, 0.2) is 0 Å². The Balaban J connectivity index is 6.03. The maximum absolute atomic E-state index is 3.13. The summed E-state index contributed by atoms with van der Waals surface area (Å²) in [7, 11) is -2.43. The first-order valence-corrected chi connectivity index (χ1v) is 24.2. The molecule has 36 heavy (non-hydrogen) atoms. The maximum atomic E-state index is 3.13. The minimum absolute atomic E-state index is 0.784. The molecule has 0 radical (unpaired) electrons. The van der Waals surface area contributed by atoms with Crippen molar-refractivity contribution in [3.8, 4) is 0 Å². The van der Waals surface area contributed by atoms with Crippen LogP contribution in [-0.4, -0.2) is 92.1 Å². The first kappa shape index (κ1) is 37.2. The second-order valence-electron chi connectivity index (χ2n) is 12.2. The highest BCUT2D eigenvalue weighted by molar-refractivity contribution is 7.76. The second kappa shape index (κ2) is 22.0. The molecule has 1 nitrogen and oxygen atoms in total. The Morgan fingerprint density at radius 2 is 0.528 bits per heavy atom. The summed E-state index contributed by atoms with van der Waals surface area (Å²) in [6, 6.07) is 0. The summed E-state index contributed by atoms with van der Waals surface area (Å²) in [4.78, 5) is 3.13. The third kappa shape index (κ3) is 14.1. The first-order chi connectivity index (χ1) is 17.3. The normalized spacial score (nSPS) is 13.2. The molecule has 0 aliphatic carbocycles. The summed E-state index contributed by atoms with van der Waals surface area (Å²) in [6.45, 7) is 25.0. The summed E-state index contributed by atoms with van der Waals surface area (Å²) >= 11 is 0. The standard InChI is InChI=1S/C32H73NP3/c1-10-21-34(22-11-2,23-12-3)30-19-33(32-36(27-16-7,28-17-8)29-18-9)20-31-35(24-13-4,25-14-5)26-15-6/h10-32H2,1-9H3/q+3. The average molecular weight is 565 g/mol. The Morgan fingerprint density at radius 3 is 0.750 bits per heavy atom. The molecule has 0 rings (SSSR count). The number of rotatable bonds is 26. The van der Waals surface area contributed by atoms with Gasteiger partial charge in [0.25, 0.3) is 0 Å². The molecule has 0 aromatic carbocycles. The van der Waals surface area contributed by atoms with Gasteiger partial charge in [0.05, 0.1) is 67.8 Å². The van der Waals surface area contributed by atoms with Gasteiger partial charge in [-0.1, -0.05) is 62.3 Å². The molecule has 0 N–H and O–H groups in total. The highest BCUT2D eigenvalue weighted by Gasteiger charge is 2.41. The van der Waals surface area contributed by atoms with Gasteiger partial charge in [-0.3, -0.25) is 4.90 Å². The van der Waals surface area contributed by atoms with Gasteiger partial charge in [-0.2, -0.15) is 0 Å². The van der Waals surface area contributed by atoms with Crippen molar-refractivity contribution in [3.05, 3.63) is 0 Å². The van der Waals surface area contributed by atoms with E-state index in [1.54, 1.807) is 67.8 Å². The van der Waals surface area contributed by atoms with Gasteiger partial charge < -0.3 is 0 Å². The maximum Gasteiger partial charge on any atom is 0.112 e. The Morgan fingerprint density at radius 1 is 0.306 bits per heavy atom. The molecule has 0 bridgehead atoms. The highest BCUT2D eigenvalue weighted by Crippen LogP contribution is 2.63. The quantitative estimate of drug-likeness (QED) is 0.0945. The van der Waals surface area contributed by atoms with Gasteiger partial charge in [0.2, 0.25) is 0 Å². The molecule has 0 spiro atoms. The van der Waals surface area contributed by atoms with Crippen LogP contribution >= 0.6 is 21.8 Å². The fourth-order valence-electron chi connectivity index (χ4n) is 7.54. The average Bonchev–Trinajstić information content (AvgIpc) is 2.82. The Bertz CT molecular complexity index is 415. The molecule has 4 heteroatoms. The molecule has 0 heterocycles. The van der Waals surface area contributed by atoms with Crippen LogP contribution in [0, 0.1) is 0 Å². The summed E-state index contributed by atoms with van der Waals surface area (Å²) in [6.07, 6.45) is 31.2. The van der Waals surface area contributed by atoms with Gasteiger partial charge in [0, 0.05) is 34.9 Å². The second-order valence-corrected chi connectivity index (χ2v) is 25.5. The van der Waals surface area contributed by atoms with E-state index >= 15 is 0 Å². The van der Waals surface area contributed by atoms with E-state index in [4.69, 9.17) is 0 Å². The zero-order valence-electron chi connectivity index (χ0n) is 27.1. The molecule has 0 saturated heterocycles. The van der Waals surface area contributed by atoms with Crippen molar-refractivity contribution >= 4 is 21.8 Å². The monoisotopic (exact) mass is 564 g/mol. The van der Waals surface area contributed by atoms with Crippen molar-refractivity contribution in [1.29, 1.82) is 0 Å². The molecule has 0 saturated carbocycles. The zero-order chi connectivity index (χ0) is 27.3. The molecule has 0 aliphatic heterocycles. The van der Waals surface area contributed by atoms with Crippen LogP contribution in [0.5, 0.6) is 0 Å². The van der Waals surface area contributed by atoms with Crippen molar-refractivity contribution in [3.63, 3.8) is 0 Å². The third-order valence-electron chi connectivity index (χ3n) is 8.56. The van der Waals surface area contributed by atoms with Gasteiger partial charge >= 0.3 is 0 Å². The number of hydrogen-bond donors (Lipinski definition) is 0. The predicted octanol–water partition coefficient (Wildman–Crippen LogP) is 11.0. The molecular weight excluding hydrogens is 491 g/mol. The van der Waals surface area contributed by atoms with Crippen LogP contribution in [0.15, 0.2) is 0 Å².